The summed E-state index contributed by atoms with van der Waals surface area (Å²) in [6, 6.07) is 11.0. The Kier molecular flexibility index (Phi) is 8.40. The normalized spacial score (nSPS) is 20.8. The van der Waals surface area contributed by atoms with Crippen LogP contribution in [0.15, 0.2) is 30.3 Å². The molecule has 4 heteroatoms. The van der Waals surface area contributed by atoms with Crippen LogP contribution < -0.4 is 10.6 Å². The fourth-order valence-corrected chi connectivity index (χ4v) is 3.09. The molecule has 0 aromatic heterocycles. The lowest BCUT2D eigenvalue weighted by atomic mass is 9.94. The maximum Gasteiger partial charge on any atom is 0.220 e. The molecule has 0 aliphatic heterocycles. The first-order valence-corrected chi connectivity index (χ1v) is 7.77. The summed E-state index contributed by atoms with van der Waals surface area (Å²) in [4.78, 5) is 11.9. The van der Waals surface area contributed by atoms with Crippen molar-refractivity contribution in [3.05, 3.63) is 35.9 Å². The van der Waals surface area contributed by atoms with Gasteiger partial charge in [0.05, 0.1) is 0 Å². The predicted molar refractivity (Wildman–Crippen MR) is 89.8 cm³/mol. The van der Waals surface area contributed by atoms with E-state index in [1.165, 1.54) is 18.4 Å². The number of amides is 1. The summed E-state index contributed by atoms with van der Waals surface area (Å²) >= 11 is 0. The molecule has 0 heterocycles. The number of benzene rings is 1. The maximum atomic E-state index is 11.9. The van der Waals surface area contributed by atoms with E-state index < -0.39 is 0 Å². The molecule has 1 aliphatic carbocycles. The number of hydrogen-bond acceptors (Lipinski definition) is 2. The number of carbonyl (C=O) groups is 1. The van der Waals surface area contributed by atoms with E-state index in [4.69, 9.17) is 0 Å². The predicted octanol–water partition coefficient (Wildman–Crippen LogP) is 2.94. The van der Waals surface area contributed by atoms with Gasteiger partial charge in [-0.25, -0.2) is 0 Å². The summed E-state index contributed by atoms with van der Waals surface area (Å²) < 4.78 is 0. The van der Waals surface area contributed by atoms with E-state index in [1.807, 2.05) is 7.05 Å². The molecule has 0 radical (unpaired) electrons. The Balaban J connectivity index is 0.00000220. The fourth-order valence-electron chi connectivity index (χ4n) is 3.09. The van der Waals surface area contributed by atoms with Crippen molar-refractivity contribution in [2.75, 3.05) is 13.6 Å². The quantitative estimate of drug-likeness (QED) is 0.760. The monoisotopic (exact) mass is 310 g/mol. The van der Waals surface area contributed by atoms with E-state index in [-0.39, 0.29) is 18.3 Å². The van der Waals surface area contributed by atoms with Crippen LogP contribution in [-0.2, 0) is 11.2 Å². The van der Waals surface area contributed by atoms with Crippen LogP contribution >= 0.6 is 12.4 Å². The SMILES string of the molecule is CNCCCC(=O)NC1CCCC1Cc1ccccc1.Cl. The first-order valence-electron chi connectivity index (χ1n) is 7.77. The molecule has 1 aliphatic rings. The summed E-state index contributed by atoms with van der Waals surface area (Å²) in [5.74, 6) is 0.816. The first kappa shape index (κ1) is 18.0. The minimum Gasteiger partial charge on any atom is -0.353 e. The lowest BCUT2D eigenvalue weighted by molar-refractivity contribution is -0.122. The molecule has 2 N–H and O–H groups in total. The number of rotatable bonds is 7. The Morgan fingerprint density at radius 3 is 2.71 bits per heavy atom. The van der Waals surface area contributed by atoms with Gasteiger partial charge in [-0.3, -0.25) is 4.79 Å². The van der Waals surface area contributed by atoms with Gasteiger partial charge in [-0.15, -0.1) is 12.4 Å². The average molecular weight is 311 g/mol. The van der Waals surface area contributed by atoms with Gasteiger partial charge in [0, 0.05) is 12.5 Å². The van der Waals surface area contributed by atoms with Crippen LogP contribution in [0.25, 0.3) is 0 Å². The summed E-state index contributed by atoms with van der Waals surface area (Å²) in [6.45, 7) is 0.908. The first-order chi connectivity index (χ1) is 9.79. The van der Waals surface area contributed by atoms with Crippen LogP contribution in [0.1, 0.15) is 37.7 Å². The Morgan fingerprint density at radius 1 is 1.24 bits per heavy atom. The van der Waals surface area contributed by atoms with Crippen molar-refractivity contribution in [1.29, 1.82) is 0 Å². The molecule has 3 nitrogen and oxygen atoms in total. The maximum absolute atomic E-state index is 11.9. The van der Waals surface area contributed by atoms with Crippen LogP contribution in [0.5, 0.6) is 0 Å². The lowest BCUT2D eigenvalue weighted by Gasteiger charge is -2.21. The summed E-state index contributed by atoms with van der Waals surface area (Å²) in [6.07, 6.45) is 6.24. The molecule has 118 valence electrons. The van der Waals surface area contributed by atoms with Crippen LogP contribution in [0.3, 0.4) is 0 Å². The summed E-state index contributed by atoms with van der Waals surface area (Å²) in [7, 11) is 1.92. The van der Waals surface area contributed by atoms with Crippen LogP contribution in [0.4, 0.5) is 0 Å². The molecule has 2 unspecified atom stereocenters. The Morgan fingerprint density at radius 2 is 2.00 bits per heavy atom. The molecular weight excluding hydrogens is 284 g/mol. The number of hydrogen-bond donors (Lipinski definition) is 2. The molecule has 1 fully saturated rings. The topological polar surface area (TPSA) is 41.1 Å². The third-order valence-electron chi connectivity index (χ3n) is 4.18. The zero-order valence-electron chi connectivity index (χ0n) is 12.8. The van der Waals surface area contributed by atoms with Crippen molar-refractivity contribution in [2.24, 2.45) is 5.92 Å². The zero-order chi connectivity index (χ0) is 14.2. The molecular formula is C17H27ClN2O. The second kappa shape index (κ2) is 9.80. The molecule has 2 rings (SSSR count). The third kappa shape index (κ3) is 6.06. The van der Waals surface area contributed by atoms with Gasteiger partial charge in [0.25, 0.3) is 0 Å². The highest BCUT2D eigenvalue weighted by Crippen LogP contribution is 2.28. The van der Waals surface area contributed by atoms with E-state index in [0.29, 0.717) is 18.4 Å². The minimum atomic E-state index is 0. The summed E-state index contributed by atoms with van der Waals surface area (Å²) in [5.41, 5.74) is 1.38. The van der Waals surface area contributed by atoms with Gasteiger partial charge in [-0.1, -0.05) is 36.8 Å². The second-order valence-electron chi connectivity index (χ2n) is 5.76. The van der Waals surface area contributed by atoms with Crippen LogP contribution in [0, 0.1) is 5.92 Å². The smallest absolute Gasteiger partial charge is 0.220 e. The van der Waals surface area contributed by atoms with E-state index in [2.05, 4.69) is 41.0 Å². The largest absolute Gasteiger partial charge is 0.353 e. The van der Waals surface area contributed by atoms with Crippen molar-refractivity contribution in [2.45, 2.75) is 44.6 Å². The molecule has 1 aromatic rings. The van der Waals surface area contributed by atoms with Crippen molar-refractivity contribution < 1.29 is 4.79 Å². The third-order valence-corrected chi connectivity index (χ3v) is 4.18. The summed E-state index contributed by atoms with van der Waals surface area (Å²) in [5, 5.41) is 6.32. The van der Waals surface area contributed by atoms with Gasteiger partial charge in [-0.05, 0) is 50.8 Å². The Bertz CT molecular complexity index is 411. The van der Waals surface area contributed by atoms with E-state index in [0.717, 1.165) is 25.8 Å². The minimum absolute atomic E-state index is 0. The molecule has 2 atom stereocenters. The standard InChI is InChI=1S/C17H26N2O.ClH/c1-18-12-6-11-17(20)19-16-10-5-9-15(16)13-14-7-3-2-4-8-14;/h2-4,7-8,15-16,18H,5-6,9-13H2,1H3,(H,19,20);1H. The van der Waals surface area contributed by atoms with Gasteiger partial charge < -0.3 is 10.6 Å². The van der Waals surface area contributed by atoms with Crippen molar-refractivity contribution in [3.8, 4) is 0 Å². The average Bonchev–Trinajstić information content (AvgIpc) is 2.87. The molecule has 0 saturated heterocycles. The van der Waals surface area contributed by atoms with Gasteiger partial charge in [0.15, 0.2) is 0 Å². The zero-order valence-corrected chi connectivity index (χ0v) is 13.6. The molecule has 1 aromatic carbocycles. The fraction of sp³-hybridized carbons (Fsp3) is 0.588. The van der Waals surface area contributed by atoms with Crippen LogP contribution in [-0.4, -0.2) is 25.5 Å². The molecule has 1 amide bonds. The highest BCUT2D eigenvalue weighted by atomic mass is 35.5. The second-order valence-corrected chi connectivity index (χ2v) is 5.76. The van der Waals surface area contributed by atoms with Gasteiger partial charge >= 0.3 is 0 Å². The Hall–Kier alpha value is -1.06. The van der Waals surface area contributed by atoms with Crippen LogP contribution in [0.2, 0.25) is 0 Å². The van der Waals surface area contributed by atoms with Crippen molar-refractivity contribution >= 4 is 18.3 Å². The van der Waals surface area contributed by atoms with Gasteiger partial charge in [0.2, 0.25) is 5.91 Å². The molecule has 0 bridgehead atoms. The molecule has 0 spiro atoms. The number of carbonyl (C=O) groups excluding carboxylic acids is 1. The highest BCUT2D eigenvalue weighted by molar-refractivity contribution is 5.85. The van der Waals surface area contributed by atoms with Crippen molar-refractivity contribution in [1.82, 2.24) is 10.6 Å². The van der Waals surface area contributed by atoms with Crippen molar-refractivity contribution in [3.63, 3.8) is 0 Å². The Labute approximate surface area is 134 Å². The molecule has 1 saturated carbocycles. The van der Waals surface area contributed by atoms with Gasteiger partial charge in [-0.2, -0.15) is 0 Å². The van der Waals surface area contributed by atoms with E-state index in [1.54, 1.807) is 0 Å². The molecule has 21 heavy (non-hydrogen) atoms. The van der Waals surface area contributed by atoms with E-state index >= 15 is 0 Å². The van der Waals surface area contributed by atoms with Gasteiger partial charge in [0.1, 0.15) is 0 Å². The lowest BCUT2D eigenvalue weighted by Crippen LogP contribution is -2.38. The number of halogens is 1. The van der Waals surface area contributed by atoms with E-state index in [9.17, 15) is 4.79 Å². The number of nitrogens with one attached hydrogen (secondary N) is 2. The highest BCUT2D eigenvalue weighted by Gasteiger charge is 2.28.